The second-order valence-corrected chi connectivity index (χ2v) is 7.68. The van der Waals surface area contributed by atoms with E-state index in [1.807, 2.05) is 0 Å². The Morgan fingerprint density at radius 2 is 1.93 bits per heavy atom. The summed E-state index contributed by atoms with van der Waals surface area (Å²) < 4.78 is 36.2. The fourth-order valence-electron chi connectivity index (χ4n) is 3.84. The van der Waals surface area contributed by atoms with E-state index in [0.29, 0.717) is 16.9 Å². The van der Waals surface area contributed by atoms with E-state index in [-0.39, 0.29) is 29.7 Å². The van der Waals surface area contributed by atoms with E-state index in [4.69, 9.17) is 15.2 Å². The molecule has 0 radical (unpaired) electrons. The van der Waals surface area contributed by atoms with Crippen LogP contribution >= 0.6 is 0 Å². The average molecular weight is 420 g/mol. The van der Waals surface area contributed by atoms with E-state index < -0.39 is 18.6 Å². The van der Waals surface area contributed by atoms with Gasteiger partial charge in [-0.15, -0.1) is 0 Å². The number of allylic oxidation sites excluding steroid dienone is 4. The van der Waals surface area contributed by atoms with Crippen molar-refractivity contribution in [1.29, 1.82) is 0 Å². The van der Waals surface area contributed by atoms with Gasteiger partial charge in [-0.2, -0.15) is 8.78 Å². The van der Waals surface area contributed by atoms with Crippen LogP contribution in [0.25, 0.3) is 5.57 Å². The van der Waals surface area contributed by atoms with Gasteiger partial charge in [0.05, 0.1) is 0 Å². The number of rotatable bonds is 6. The van der Waals surface area contributed by atoms with Crippen molar-refractivity contribution in [1.82, 2.24) is 5.32 Å². The maximum atomic E-state index is 13.0. The minimum atomic E-state index is -2.99. The Hall–Kier alpha value is -2.90. The number of hydrogen-bond acceptors (Lipinski definition) is 4. The van der Waals surface area contributed by atoms with Crippen LogP contribution < -0.4 is 11.1 Å². The molecule has 0 saturated heterocycles. The quantitative estimate of drug-likeness (QED) is 0.697. The number of hydrogen-bond donors (Lipinski definition) is 2. The molecule has 1 unspecified atom stereocenters. The Kier molecular flexibility index (Phi) is 7.07. The lowest BCUT2D eigenvalue weighted by molar-refractivity contribution is -0.0992. The number of benzene rings is 1. The van der Waals surface area contributed by atoms with Gasteiger partial charge in [0.2, 0.25) is 5.91 Å². The van der Waals surface area contributed by atoms with Crippen molar-refractivity contribution in [2.24, 2.45) is 11.7 Å². The number of primary amides is 1. The van der Waals surface area contributed by atoms with Crippen molar-refractivity contribution in [3.63, 3.8) is 0 Å². The van der Waals surface area contributed by atoms with Crippen LogP contribution in [-0.4, -0.2) is 24.7 Å². The van der Waals surface area contributed by atoms with E-state index in [2.05, 4.69) is 5.32 Å². The number of carbonyl (C=O) groups is 2. The summed E-state index contributed by atoms with van der Waals surface area (Å²) in [6.07, 6.45) is 6.24. The van der Waals surface area contributed by atoms with E-state index in [0.717, 1.165) is 25.7 Å². The van der Waals surface area contributed by atoms with Gasteiger partial charge in [0.25, 0.3) is 0 Å². The van der Waals surface area contributed by atoms with Gasteiger partial charge in [0.1, 0.15) is 11.5 Å². The van der Waals surface area contributed by atoms with Crippen molar-refractivity contribution in [3.05, 3.63) is 53.0 Å². The molecule has 0 aromatic heterocycles. The molecule has 1 aromatic rings. The zero-order valence-electron chi connectivity index (χ0n) is 16.8. The van der Waals surface area contributed by atoms with Crippen LogP contribution in [0.5, 0.6) is 0 Å². The van der Waals surface area contributed by atoms with Crippen LogP contribution in [0.2, 0.25) is 0 Å². The molecule has 0 bridgehead atoms. The van der Waals surface area contributed by atoms with Gasteiger partial charge < -0.3 is 20.5 Å². The molecule has 2 aliphatic rings. The van der Waals surface area contributed by atoms with Crippen LogP contribution in [0.1, 0.15) is 61.4 Å². The lowest BCUT2D eigenvalue weighted by atomic mass is 9.90. The fraction of sp³-hybridized carbons (Fsp3) is 0.455. The smallest absolute Gasteiger partial charge is 0.412 e. The highest BCUT2D eigenvalue weighted by Gasteiger charge is 2.28. The third-order valence-corrected chi connectivity index (χ3v) is 5.39. The van der Waals surface area contributed by atoms with Crippen LogP contribution in [0, 0.1) is 5.92 Å². The van der Waals surface area contributed by atoms with Crippen LogP contribution in [-0.2, 0) is 9.47 Å². The fourth-order valence-corrected chi connectivity index (χ4v) is 3.84. The summed E-state index contributed by atoms with van der Waals surface area (Å²) in [6.45, 7) is -1.22. The van der Waals surface area contributed by atoms with Gasteiger partial charge in [0, 0.05) is 29.5 Å². The molecule has 1 fully saturated rings. The first-order valence-corrected chi connectivity index (χ1v) is 10.1. The third-order valence-electron chi connectivity index (χ3n) is 5.39. The number of alkyl carbamates (subject to hydrolysis) is 1. The molecule has 1 atom stereocenters. The van der Waals surface area contributed by atoms with Crippen molar-refractivity contribution >= 4 is 17.6 Å². The van der Waals surface area contributed by atoms with E-state index in [9.17, 15) is 18.4 Å². The highest BCUT2D eigenvalue weighted by molar-refractivity contribution is 5.94. The maximum Gasteiger partial charge on any atom is 0.412 e. The Balaban J connectivity index is 1.86. The maximum absolute atomic E-state index is 13.0. The van der Waals surface area contributed by atoms with Crippen LogP contribution in [0.3, 0.4) is 0 Å². The molecule has 3 rings (SSSR count). The Labute approximate surface area is 174 Å². The normalized spacial score (nSPS) is 20.0. The molecule has 1 saturated carbocycles. The third kappa shape index (κ3) is 5.58. The molecule has 0 spiro atoms. The molecule has 0 heterocycles. The van der Waals surface area contributed by atoms with Gasteiger partial charge in [0.15, 0.2) is 0 Å². The minimum absolute atomic E-state index is 0.0687. The second-order valence-electron chi connectivity index (χ2n) is 7.68. The first kappa shape index (κ1) is 21.8. The standard InChI is InChI=1S/C22H26F2N2O4/c1-13-10-19(29-21(23)24)17(14-6-5-7-15(11-14)20(25)27)12-18(13)30-22(28)26-16-8-3-2-4-9-16/h5-7,11-13,16,21H,2-4,8-10H2,1H3,(H2,25,27)(H,26,28). The summed E-state index contributed by atoms with van der Waals surface area (Å²) in [5.74, 6) is -0.548. The Bertz CT molecular complexity index is 860. The van der Waals surface area contributed by atoms with E-state index in [1.165, 1.54) is 24.6 Å². The summed E-state index contributed by atoms with van der Waals surface area (Å²) in [5.41, 5.74) is 6.37. The first-order chi connectivity index (χ1) is 14.3. The van der Waals surface area contributed by atoms with Crippen LogP contribution in [0.4, 0.5) is 13.6 Å². The number of nitrogens with two attached hydrogens (primary N) is 1. The number of halogens is 2. The summed E-state index contributed by atoms with van der Waals surface area (Å²) in [5, 5.41) is 2.88. The number of ether oxygens (including phenoxy) is 2. The van der Waals surface area contributed by atoms with Gasteiger partial charge in [-0.1, -0.05) is 38.3 Å². The lowest BCUT2D eigenvalue weighted by Crippen LogP contribution is -2.37. The van der Waals surface area contributed by atoms with Crippen molar-refractivity contribution in [3.8, 4) is 0 Å². The number of nitrogens with one attached hydrogen (secondary N) is 1. The zero-order valence-corrected chi connectivity index (χ0v) is 16.8. The second kappa shape index (κ2) is 9.73. The summed E-state index contributed by atoms with van der Waals surface area (Å²) in [6, 6.07) is 6.38. The van der Waals surface area contributed by atoms with Gasteiger partial charge >= 0.3 is 12.7 Å². The van der Waals surface area contributed by atoms with Gasteiger partial charge in [-0.3, -0.25) is 4.79 Å². The largest absolute Gasteiger partial charge is 0.439 e. The molecule has 2 amide bonds. The van der Waals surface area contributed by atoms with E-state index in [1.54, 1.807) is 19.1 Å². The predicted molar refractivity (Wildman–Crippen MR) is 107 cm³/mol. The topological polar surface area (TPSA) is 90.7 Å². The monoisotopic (exact) mass is 420 g/mol. The molecule has 0 aliphatic heterocycles. The number of amides is 2. The van der Waals surface area contributed by atoms with Gasteiger partial charge in [-0.05, 0) is 36.6 Å². The zero-order chi connectivity index (χ0) is 21.7. The summed E-state index contributed by atoms with van der Waals surface area (Å²) in [7, 11) is 0. The minimum Gasteiger partial charge on any atom is -0.439 e. The molecule has 3 N–H and O–H groups in total. The highest BCUT2D eigenvalue weighted by atomic mass is 19.3. The van der Waals surface area contributed by atoms with Crippen LogP contribution in [0.15, 0.2) is 41.9 Å². The molecule has 8 heteroatoms. The SMILES string of the molecule is CC1CC(OC(F)F)=C(c2cccc(C(N)=O)c2)C=C1OC(=O)NC1CCCCC1. The molecule has 30 heavy (non-hydrogen) atoms. The average Bonchev–Trinajstić information content (AvgIpc) is 2.70. The van der Waals surface area contributed by atoms with E-state index >= 15 is 0 Å². The Morgan fingerprint density at radius 1 is 1.20 bits per heavy atom. The molecule has 1 aromatic carbocycles. The first-order valence-electron chi connectivity index (χ1n) is 10.1. The van der Waals surface area contributed by atoms with Crippen molar-refractivity contribution < 1.29 is 27.8 Å². The number of alkyl halides is 2. The van der Waals surface area contributed by atoms with Gasteiger partial charge in [-0.25, -0.2) is 4.79 Å². The summed E-state index contributed by atoms with van der Waals surface area (Å²) >= 11 is 0. The molecule has 162 valence electrons. The number of carbonyl (C=O) groups excluding carboxylic acids is 2. The molecular weight excluding hydrogens is 394 g/mol. The molecular formula is C22H26F2N2O4. The Morgan fingerprint density at radius 3 is 2.60 bits per heavy atom. The van der Waals surface area contributed by atoms with Crippen molar-refractivity contribution in [2.75, 3.05) is 0 Å². The lowest BCUT2D eigenvalue weighted by Gasteiger charge is -2.27. The highest BCUT2D eigenvalue weighted by Crippen LogP contribution is 2.36. The van der Waals surface area contributed by atoms with Crippen molar-refractivity contribution in [2.45, 2.75) is 58.1 Å². The molecule has 2 aliphatic carbocycles. The molecule has 6 nitrogen and oxygen atoms in total. The summed E-state index contributed by atoms with van der Waals surface area (Å²) in [4.78, 5) is 23.9. The predicted octanol–water partition coefficient (Wildman–Crippen LogP) is 4.72.